The van der Waals surface area contributed by atoms with Gasteiger partial charge in [0.2, 0.25) is 12.4 Å². The fourth-order valence-corrected chi connectivity index (χ4v) is 0.993. The van der Waals surface area contributed by atoms with Crippen LogP contribution in [0.3, 0.4) is 0 Å². The van der Waals surface area contributed by atoms with E-state index in [-0.39, 0.29) is 18.4 Å². The van der Waals surface area contributed by atoms with Crippen LogP contribution < -0.4 is 5.73 Å². The average Bonchev–Trinajstić information content (AvgIpc) is 2.66. The minimum Gasteiger partial charge on any atom is -0.480 e. The first kappa shape index (κ1) is 11.0. The molecule has 8 nitrogen and oxygen atoms in total. The monoisotopic (exact) mass is 214 g/mol. The molecule has 1 aliphatic heterocycles. The van der Waals surface area contributed by atoms with Crippen LogP contribution in [-0.2, 0) is 14.3 Å². The van der Waals surface area contributed by atoms with Crippen molar-refractivity contribution in [3.8, 4) is 0 Å². The summed E-state index contributed by atoms with van der Waals surface area (Å²) in [6.45, 7) is 0.335. The van der Waals surface area contributed by atoms with Gasteiger partial charge in [-0.05, 0) is 0 Å². The second-order valence-corrected chi connectivity index (χ2v) is 2.59. The van der Waals surface area contributed by atoms with Crippen LogP contribution in [-0.4, -0.2) is 54.1 Å². The highest BCUT2D eigenvalue weighted by Gasteiger charge is 2.22. The summed E-state index contributed by atoms with van der Waals surface area (Å²) < 4.78 is 5.02. The number of carbonyl (C=O) groups is 2. The van der Waals surface area contributed by atoms with Crippen molar-refractivity contribution < 1.29 is 19.4 Å². The van der Waals surface area contributed by atoms with Gasteiger partial charge in [0.05, 0.1) is 6.54 Å². The normalized spacial score (nSPS) is 15.5. The predicted molar refractivity (Wildman–Crippen MR) is 50.3 cm³/mol. The molecule has 0 spiro atoms. The van der Waals surface area contributed by atoms with Gasteiger partial charge in [-0.3, -0.25) is 14.5 Å². The summed E-state index contributed by atoms with van der Waals surface area (Å²) in [6, 6.07) is 0.0699. The zero-order valence-electron chi connectivity index (χ0n) is 7.79. The number of hydrogen-bond donors (Lipinski definition) is 2. The molecule has 1 aliphatic rings. The fourth-order valence-electron chi connectivity index (χ4n) is 0.993. The fraction of sp³-hybridized carbons (Fsp3) is 0.429. The molecular formula is C7H10N4O4. The Morgan fingerprint density at radius 3 is 3.00 bits per heavy atom. The topological polar surface area (TPSA) is 118 Å². The molecule has 0 fully saturated rings. The highest BCUT2D eigenvalue weighted by atomic mass is 16.5. The number of hydrogen-bond acceptors (Lipinski definition) is 4. The summed E-state index contributed by atoms with van der Waals surface area (Å²) in [6.07, 6.45) is 0.222. The maximum Gasteiger partial charge on any atom is 0.323 e. The second-order valence-electron chi connectivity index (χ2n) is 2.59. The van der Waals surface area contributed by atoms with E-state index in [1.165, 1.54) is 0 Å². The number of nitrogens with zero attached hydrogens (tertiary/aromatic N) is 3. The number of carbonyl (C=O) groups excluding carboxylic acids is 1. The molecule has 15 heavy (non-hydrogen) atoms. The number of carboxylic acids is 1. The maximum atomic E-state index is 10.5. The molecule has 0 saturated carbocycles. The number of rotatable bonds is 3. The Morgan fingerprint density at radius 1 is 1.80 bits per heavy atom. The van der Waals surface area contributed by atoms with Crippen molar-refractivity contribution in [2.45, 2.75) is 0 Å². The van der Waals surface area contributed by atoms with E-state index in [0.717, 1.165) is 4.90 Å². The molecule has 1 heterocycles. The number of aliphatic imine (C=N–C) groups is 2. The summed E-state index contributed by atoms with van der Waals surface area (Å²) in [5, 5.41) is 8.61. The Bertz CT molecular complexity index is 323. The van der Waals surface area contributed by atoms with E-state index in [1.807, 2.05) is 0 Å². The molecule has 1 amide bonds. The largest absolute Gasteiger partial charge is 0.480 e. The molecular weight excluding hydrogens is 204 g/mol. The third-order valence-electron chi connectivity index (χ3n) is 1.56. The summed E-state index contributed by atoms with van der Waals surface area (Å²) in [4.78, 5) is 28.8. The quantitative estimate of drug-likeness (QED) is 0.326. The Hall–Kier alpha value is -2.12. The lowest BCUT2D eigenvalue weighted by atomic mass is 10.5. The maximum absolute atomic E-state index is 10.5. The van der Waals surface area contributed by atoms with Crippen molar-refractivity contribution in [1.29, 1.82) is 0 Å². The lowest BCUT2D eigenvalue weighted by Gasteiger charge is -2.19. The van der Waals surface area contributed by atoms with Gasteiger partial charge in [-0.2, -0.15) is 4.99 Å². The number of aliphatic carboxylic acids is 1. The zero-order valence-corrected chi connectivity index (χ0v) is 7.79. The molecule has 0 bridgehead atoms. The van der Waals surface area contributed by atoms with Crippen LogP contribution >= 0.6 is 0 Å². The van der Waals surface area contributed by atoms with Gasteiger partial charge < -0.3 is 15.6 Å². The first-order valence-electron chi connectivity index (χ1n) is 4.08. The van der Waals surface area contributed by atoms with E-state index in [2.05, 4.69) is 9.98 Å². The van der Waals surface area contributed by atoms with E-state index in [0.29, 0.717) is 13.2 Å². The lowest BCUT2D eigenvalue weighted by molar-refractivity contribution is -0.137. The first-order valence-corrected chi connectivity index (χ1v) is 4.08. The number of ether oxygens (including phenoxy) is 1. The smallest absolute Gasteiger partial charge is 0.323 e. The van der Waals surface area contributed by atoms with E-state index < -0.39 is 12.5 Å². The van der Waals surface area contributed by atoms with Gasteiger partial charge >= 0.3 is 5.97 Å². The lowest BCUT2D eigenvalue weighted by Crippen LogP contribution is -2.45. The third kappa shape index (κ3) is 2.93. The van der Waals surface area contributed by atoms with Gasteiger partial charge in [0.1, 0.15) is 13.2 Å². The van der Waals surface area contributed by atoms with Crippen molar-refractivity contribution in [3.05, 3.63) is 0 Å². The molecule has 1 rings (SSSR count). The van der Waals surface area contributed by atoms with E-state index in [9.17, 15) is 9.59 Å². The van der Waals surface area contributed by atoms with Gasteiger partial charge in [0.25, 0.3) is 6.02 Å². The number of amides is 1. The summed E-state index contributed by atoms with van der Waals surface area (Å²) in [5.74, 6) is -1.38. The van der Waals surface area contributed by atoms with Crippen LogP contribution in [0.15, 0.2) is 9.98 Å². The Morgan fingerprint density at radius 2 is 2.53 bits per heavy atom. The highest BCUT2D eigenvalue weighted by Crippen LogP contribution is 2.01. The average molecular weight is 214 g/mol. The molecule has 8 heteroatoms. The molecule has 3 N–H and O–H groups in total. The molecule has 0 aliphatic carbocycles. The third-order valence-corrected chi connectivity index (χ3v) is 1.56. The highest BCUT2D eigenvalue weighted by molar-refractivity contribution is 6.00. The summed E-state index contributed by atoms with van der Waals surface area (Å²) >= 11 is 0. The minimum absolute atomic E-state index is 0.0699. The summed E-state index contributed by atoms with van der Waals surface area (Å²) in [7, 11) is 0. The molecule has 0 saturated heterocycles. The predicted octanol–water partition coefficient (Wildman–Crippen LogP) is -1.77. The van der Waals surface area contributed by atoms with Gasteiger partial charge in [0, 0.05) is 0 Å². The molecule has 0 aromatic rings. The molecule has 0 radical (unpaired) electrons. The molecule has 82 valence electrons. The molecule has 0 unspecified atom stereocenters. The van der Waals surface area contributed by atoms with E-state index in [4.69, 9.17) is 15.6 Å². The Labute approximate surface area is 85.0 Å². The molecule has 0 aromatic carbocycles. The van der Waals surface area contributed by atoms with Crippen molar-refractivity contribution in [1.82, 2.24) is 4.90 Å². The van der Waals surface area contributed by atoms with Gasteiger partial charge in [0.15, 0.2) is 0 Å². The number of guanidine groups is 1. The van der Waals surface area contributed by atoms with Gasteiger partial charge in [-0.15, -0.1) is 0 Å². The Balaban J connectivity index is 2.81. The van der Waals surface area contributed by atoms with Crippen LogP contribution in [0, 0.1) is 0 Å². The van der Waals surface area contributed by atoms with Gasteiger partial charge in [-0.25, -0.2) is 4.99 Å². The Kier molecular flexibility index (Phi) is 3.61. The van der Waals surface area contributed by atoms with Crippen LogP contribution in [0.1, 0.15) is 0 Å². The van der Waals surface area contributed by atoms with E-state index >= 15 is 0 Å². The summed E-state index contributed by atoms with van der Waals surface area (Å²) in [5.41, 5.74) is 5.38. The first-order chi connectivity index (χ1) is 7.15. The van der Waals surface area contributed by atoms with Crippen LogP contribution in [0.4, 0.5) is 0 Å². The van der Waals surface area contributed by atoms with Crippen molar-refractivity contribution in [2.24, 2.45) is 15.7 Å². The number of carboxylic acid groups (broad SMARTS) is 1. The van der Waals surface area contributed by atoms with Crippen molar-refractivity contribution in [3.63, 3.8) is 0 Å². The zero-order chi connectivity index (χ0) is 11.3. The van der Waals surface area contributed by atoms with Crippen LogP contribution in [0.2, 0.25) is 0 Å². The number of amidine groups is 1. The second kappa shape index (κ2) is 4.94. The van der Waals surface area contributed by atoms with Crippen molar-refractivity contribution >= 4 is 24.4 Å². The minimum atomic E-state index is -1.13. The SMILES string of the molecule is NC(=NC=O)N(CC(=O)O)C1=NCCO1. The van der Waals surface area contributed by atoms with Crippen LogP contribution in [0.25, 0.3) is 0 Å². The van der Waals surface area contributed by atoms with E-state index in [1.54, 1.807) is 0 Å². The number of nitrogens with two attached hydrogens (primary N) is 1. The van der Waals surface area contributed by atoms with Crippen LogP contribution in [0.5, 0.6) is 0 Å². The van der Waals surface area contributed by atoms with Crippen molar-refractivity contribution in [2.75, 3.05) is 19.7 Å². The molecule has 0 aromatic heterocycles. The standard InChI is InChI=1S/C7H10N4O4/c8-6(10-4-12)11(3-5(13)14)7-9-1-2-15-7/h4H,1-3H2,(H,13,14)(H2,8,10,12). The molecule has 0 atom stereocenters. The van der Waals surface area contributed by atoms with Gasteiger partial charge in [-0.1, -0.05) is 0 Å².